The summed E-state index contributed by atoms with van der Waals surface area (Å²) in [7, 11) is 3.55. The van der Waals surface area contributed by atoms with Crippen LogP contribution in [0, 0.1) is 5.82 Å². The maximum Gasteiger partial charge on any atom is 0.125 e. The van der Waals surface area contributed by atoms with Crippen molar-refractivity contribution in [2.75, 3.05) is 25.6 Å². The summed E-state index contributed by atoms with van der Waals surface area (Å²) in [5.41, 5.74) is 6.27. The number of benzene rings is 1. The first-order valence-corrected chi connectivity index (χ1v) is 5.68. The molecule has 1 aromatic carbocycles. The molecular weight excluding hydrogens is 219 g/mol. The molecule has 1 aromatic rings. The van der Waals surface area contributed by atoms with Crippen LogP contribution >= 0.6 is 0 Å². The number of nitrogens with two attached hydrogens (primary N) is 1. The normalized spacial score (nSPS) is 16.4. The van der Waals surface area contributed by atoms with Gasteiger partial charge in [-0.25, -0.2) is 4.39 Å². The summed E-state index contributed by atoms with van der Waals surface area (Å²) in [6.07, 6.45) is -0.0548. The first-order valence-electron chi connectivity index (χ1n) is 5.68. The molecule has 1 rings (SSSR count). The molecule has 2 N–H and O–H groups in total. The molecule has 0 amide bonds. The monoisotopic (exact) mass is 240 g/mol. The molecule has 0 bridgehead atoms. The fourth-order valence-electron chi connectivity index (χ4n) is 1.81. The molecule has 17 heavy (non-hydrogen) atoms. The molecule has 0 radical (unpaired) electrons. The van der Waals surface area contributed by atoms with Crippen molar-refractivity contribution in [1.29, 1.82) is 0 Å². The van der Waals surface area contributed by atoms with Gasteiger partial charge in [0.1, 0.15) is 5.82 Å². The van der Waals surface area contributed by atoms with Crippen LogP contribution in [0.1, 0.15) is 13.8 Å². The Morgan fingerprint density at radius 2 is 2.18 bits per heavy atom. The minimum absolute atomic E-state index is 0.0548. The second kappa shape index (κ2) is 5.47. The second-order valence-corrected chi connectivity index (χ2v) is 4.48. The Morgan fingerprint density at radius 3 is 2.65 bits per heavy atom. The summed E-state index contributed by atoms with van der Waals surface area (Å²) < 4.78 is 18.6. The fraction of sp³-hybridized carbons (Fsp3) is 0.538. The van der Waals surface area contributed by atoms with Crippen LogP contribution in [0.4, 0.5) is 10.1 Å². The molecular formula is C13H21FN2O. The number of hydrogen-bond acceptors (Lipinski definition) is 3. The van der Waals surface area contributed by atoms with Crippen molar-refractivity contribution < 1.29 is 9.13 Å². The molecule has 0 saturated carbocycles. The molecule has 3 nitrogen and oxygen atoms in total. The van der Waals surface area contributed by atoms with Gasteiger partial charge in [0.2, 0.25) is 0 Å². The van der Waals surface area contributed by atoms with E-state index in [1.807, 2.05) is 31.9 Å². The van der Waals surface area contributed by atoms with Gasteiger partial charge in [0.15, 0.2) is 0 Å². The molecule has 4 heteroatoms. The number of halogens is 1. The minimum atomic E-state index is -0.372. The lowest BCUT2D eigenvalue weighted by Gasteiger charge is -2.43. The van der Waals surface area contributed by atoms with E-state index in [9.17, 15) is 4.39 Å². The van der Waals surface area contributed by atoms with Gasteiger partial charge in [-0.3, -0.25) is 0 Å². The van der Waals surface area contributed by atoms with Gasteiger partial charge in [-0.15, -0.1) is 0 Å². The molecule has 0 aliphatic rings. The zero-order valence-electron chi connectivity index (χ0n) is 10.9. The third kappa shape index (κ3) is 2.76. The van der Waals surface area contributed by atoms with Crippen LogP contribution in [-0.4, -0.2) is 32.3 Å². The van der Waals surface area contributed by atoms with E-state index in [-0.39, 0.29) is 17.5 Å². The first-order chi connectivity index (χ1) is 7.95. The number of methoxy groups -OCH3 is 1. The molecule has 0 aromatic heterocycles. The van der Waals surface area contributed by atoms with Crippen LogP contribution in [0.25, 0.3) is 0 Å². The van der Waals surface area contributed by atoms with Crippen LogP contribution in [0.2, 0.25) is 0 Å². The Bertz CT molecular complexity index is 372. The van der Waals surface area contributed by atoms with Gasteiger partial charge < -0.3 is 15.4 Å². The predicted octanol–water partition coefficient (Wildman–Crippen LogP) is 2.01. The van der Waals surface area contributed by atoms with Gasteiger partial charge in [-0.2, -0.15) is 0 Å². The smallest absolute Gasteiger partial charge is 0.125 e. The Morgan fingerprint density at radius 1 is 1.53 bits per heavy atom. The SMILES string of the molecule is COC(C)C(C)(CN)N(C)c1cccc(F)c1. The zero-order valence-corrected chi connectivity index (χ0v) is 10.9. The molecule has 0 aliphatic carbocycles. The molecule has 2 unspecified atom stereocenters. The maximum atomic E-state index is 13.2. The number of rotatable bonds is 5. The van der Waals surface area contributed by atoms with E-state index in [1.165, 1.54) is 12.1 Å². The molecule has 96 valence electrons. The molecule has 0 heterocycles. The van der Waals surface area contributed by atoms with E-state index < -0.39 is 0 Å². The van der Waals surface area contributed by atoms with Crippen LogP contribution < -0.4 is 10.6 Å². The molecule has 0 spiro atoms. The molecule has 0 fully saturated rings. The second-order valence-electron chi connectivity index (χ2n) is 4.48. The first kappa shape index (κ1) is 13.9. The van der Waals surface area contributed by atoms with Crippen molar-refractivity contribution in [1.82, 2.24) is 0 Å². The molecule has 0 saturated heterocycles. The highest BCUT2D eigenvalue weighted by Crippen LogP contribution is 2.26. The highest BCUT2D eigenvalue weighted by atomic mass is 19.1. The lowest BCUT2D eigenvalue weighted by Crippen LogP contribution is -2.57. The number of ether oxygens (including phenoxy) is 1. The van der Waals surface area contributed by atoms with E-state index in [0.29, 0.717) is 6.54 Å². The third-order valence-electron chi connectivity index (χ3n) is 3.60. The summed E-state index contributed by atoms with van der Waals surface area (Å²) in [5, 5.41) is 0. The zero-order chi connectivity index (χ0) is 13.1. The Hall–Kier alpha value is -1.13. The van der Waals surface area contributed by atoms with E-state index >= 15 is 0 Å². The van der Waals surface area contributed by atoms with Gasteiger partial charge in [0.25, 0.3) is 0 Å². The van der Waals surface area contributed by atoms with Crippen LogP contribution in [0.5, 0.6) is 0 Å². The molecule has 2 atom stereocenters. The summed E-state index contributed by atoms with van der Waals surface area (Å²) in [6, 6.07) is 6.47. The van der Waals surface area contributed by atoms with E-state index in [1.54, 1.807) is 13.2 Å². The number of anilines is 1. The van der Waals surface area contributed by atoms with Gasteiger partial charge in [0.05, 0.1) is 11.6 Å². The Kier molecular flexibility index (Phi) is 4.48. The molecule has 0 aliphatic heterocycles. The van der Waals surface area contributed by atoms with E-state index in [0.717, 1.165) is 5.69 Å². The van der Waals surface area contributed by atoms with E-state index in [4.69, 9.17) is 10.5 Å². The maximum absolute atomic E-state index is 13.2. The Balaban J connectivity index is 3.04. The lowest BCUT2D eigenvalue weighted by molar-refractivity contribution is 0.0579. The van der Waals surface area contributed by atoms with Gasteiger partial charge >= 0.3 is 0 Å². The topological polar surface area (TPSA) is 38.5 Å². The third-order valence-corrected chi connectivity index (χ3v) is 3.60. The van der Waals surface area contributed by atoms with Crippen LogP contribution in [0.3, 0.4) is 0 Å². The highest BCUT2D eigenvalue weighted by molar-refractivity contribution is 5.48. The summed E-state index contributed by atoms with van der Waals surface area (Å²) in [6.45, 7) is 4.39. The predicted molar refractivity (Wildman–Crippen MR) is 68.7 cm³/mol. The number of likely N-dealkylation sites (N-methyl/N-ethyl adjacent to an activating group) is 1. The van der Waals surface area contributed by atoms with Crippen molar-refractivity contribution in [3.63, 3.8) is 0 Å². The van der Waals surface area contributed by atoms with Crippen molar-refractivity contribution >= 4 is 5.69 Å². The van der Waals surface area contributed by atoms with Crippen LogP contribution in [-0.2, 0) is 4.74 Å². The fourth-order valence-corrected chi connectivity index (χ4v) is 1.81. The summed E-state index contributed by atoms with van der Waals surface area (Å²) >= 11 is 0. The standard InChI is InChI=1S/C13H21FN2O/c1-10(17-4)13(2,9-15)16(3)12-7-5-6-11(14)8-12/h5-8,10H,9,15H2,1-4H3. The summed E-state index contributed by atoms with van der Waals surface area (Å²) in [5.74, 6) is -0.251. The average Bonchev–Trinajstić information content (AvgIpc) is 2.35. The number of hydrogen-bond donors (Lipinski definition) is 1. The highest BCUT2D eigenvalue weighted by Gasteiger charge is 2.34. The van der Waals surface area contributed by atoms with Crippen molar-refractivity contribution in [3.8, 4) is 0 Å². The van der Waals surface area contributed by atoms with Gasteiger partial charge in [0, 0.05) is 26.4 Å². The summed E-state index contributed by atoms with van der Waals surface area (Å²) in [4.78, 5) is 1.96. The van der Waals surface area contributed by atoms with Gasteiger partial charge in [-0.05, 0) is 32.0 Å². The van der Waals surface area contributed by atoms with Gasteiger partial charge in [-0.1, -0.05) is 6.07 Å². The quantitative estimate of drug-likeness (QED) is 0.855. The minimum Gasteiger partial charge on any atom is -0.379 e. The van der Waals surface area contributed by atoms with Crippen molar-refractivity contribution in [2.45, 2.75) is 25.5 Å². The van der Waals surface area contributed by atoms with Crippen LogP contribution in [0.15, 0.2) is 24.3 Å². The lowest BCUT2D eigenvalue weighted by atomic mass is 9.93. The Labute approximate surface area is 102 Å². The van der Waals surface area contributed by atoms with E-state index in [2.05, 4.69) is 0 Å². The van der Waals surface area contributed by atoms with Crippen molar-refractivity contribution in [3.05, 3.63) is 30.1 Å². The number of nitrogens with zero attached hydrogens (tertiary/aromatic N) is 1. The largest absolute Gasteiger partial charge is 0.379 e. The average molecular weight is 240 g/mol. The van der Waals surface area contributed by atoms with Crippen molar-refractivity contribution in [2.24, 2.45) is 5.73 Å².